The molecule has 2 saturated heterocycles. The summed E-state index contributed by atoms with van der Waals surface area (Å²) in [6.07, 6.45) is 2.54. The fourth-order valence-electron chi connectivity index (χ4n) is 5.87. The van der Waals surface area contributed by atoms with E-state index in [1.807, 2.05) is 26.0 Å². The van der Waals surface area contributed by atoms with Crippen LogP contribution in [-0.2, 0) is 25.5 Å². The van der Waals surface area contributed by atoms with Gasteiger partial charge in [-0.3, -0.25) is 0 Å². The Hall–Kier alpha value is -1.78. The highest BCUT2D eigenvalue weighted by Crippen LogP contribution is 2.46. The standard InChI is InChI=1S/C26H39N3O7/c1-7-33-21-18(27-5)20(30)19(28-6)22-23(21)35-24-26(32,36-22)25(31,11-16(4)34-24)13-29-12-17-9-8-14(2)10-15(17)3/h1,8-10,16,18-24,27-32H,11-13H2,2-6H3. The molecule has 1 saturated carbocycles. The van der Waals surface area contributed by atoms with E-state index in [1.165, 1.54) is 5.56 Å². The topological polar surface area (TPSA) is 134 Å². The fraction of sp³-hybridized carbons (Fsp3) is 0.692. The minimum atomic E-state index is -2.21. The summed E-state index contributed by atoms with van der Waals surface area (Å²) in [7, 11) is 3.36. The number of nitrogens with one attached hydrogen (secondary N) is 3. The molecule has 200 valence electrons. The molecule has 1 aliphatic carbocycles. The van der Waals surface area contributed by atoms with Gasteiger partial charge in [0.2, 0.25) is 12.1 Å². The molecule has 2 heterocycles. The van der Waals surface area contributed by atoms with Crippen molar-refractivity contribution in [2.45, 2.75) is 94.0 Å². The molecule has 1 aromatic carbocycles. The second kappa shape index (κ2) is 10.5. The Kier molecular flexibility index (Phi) is 7.98. The van der Waals surface area contributed by atoms with Crippen LogP contribution in [0.3, 0.4) is 0 Å². The van der Waals surface area contributed by atoms with Crippen molar-refractivity contribution >= 4 is 0 Å². The van der Waals surface area contributed by atoms with Crippen LogP contribution in [0, 0.1) is 26.4 Å². The minimum Gasteiger partial charge on any atom is -0.439 e. The van der Waals surface area contributed by atoms with E-state index in [4.69, 9.17) is 25.4 Å². The SMILES string of the molecule is C#COC1C(NC)C(O)C(NC)C2OC3(O)C(OC(C)CC3(O)CNCc3ccc(C)cc3C)OC12. The quantitative estimate of drug-likeness (QED) is 0.263. The highest BCUT2D eigenvalue weighted by Gasteiger charge is 2.68. The molecule has 10 atom stereocenters. The molecule has 10 unspecified atom stereocenters. The molecule has 10 nitrogen and oxygen atoms in total. The molecule has 0 amide bonds. The lowest BCUT2D eigenvalue weighted by atomic mass is 9.77. The maximum absolute atomic E-state index is 11.8. The lowest BCUT2D eigenvalue weighted by Gasteiger charge is -2.60. The zero-order chi connectivity index (χ0) is 26.3. The highest BCUT2D eigenvalue weighted by atomic mass is 16.8. The van der Waals surface area contributed by atoms with Crippen molar-refractivity contribution in [3.8, 4) is 12.5 Å². The van der Waals surface area contributed by atoms with Crippen molar-refractivity contribution in [2.75, 3.05) is 20.6 Å². The first-order valence-corrected chi connectivity index (χ1v) is 12.4. The van der Waals surface area contributed by atoms with Crippen LogP contribution in [0.4, 0.5) is 0 Å². The third-order valence-electron chi connectivity index (χ3n) is 7.76. The molecule has 3 fully saturated rings. The summed E-state index contributed by atoms with van der Waals surface area (Å²) < 4.78 is 23.9. The number of likely N-dealkylation sites (N-methyl/N-ethyl adjacent to an activating group) is 2. The van der Waals surface area contributed by atoms with E-state index in [9.17, 15) is 15.3 Å². The van der Waals surface area contributed by atoms with Gasteiger partial charge in [-0.25, -0.2) is 0 Å². The number of terminal acetylenes is 1. The van der Waals surface area contributed by atoms with Crippen molar-refractivity contribution in [3.05, 3.63) is 34.9 Å². The van der Waals surface area contributed by atoms with Gasteiger partial charge in [0, 0.05) is 19.5 Å². The second-order valence-corrected chi connectivity index (χ2v) is 10.2. The molecule has 0 spiro atoms. The third kappa shape index (κ3) is 4.65. The van der Waals surface area contributed by atoms with E-state index in [2.05, 4.69) is 28.1 Å². The molecule has 6 N–H and O–H groups in total. The molecule has 2 aliphatic heterocycles. The molecule has 4 rings (SSSR count). The Labute approximate surface area is 212 Å². The number of aliphatic hydroxyl groups excluding tert-OH is 1. The van der Waals surface area contributed by atoms with Crippen LogP contribution in [0.5, 0.6) is 0 Å². The minimum absolute atomic E-state index is 0.0258. The Morgan fingerprint density at radius 1 is 1.14 bits per heavy atom. The fourth-order valence-corrected chi connectivity index (χ4v) is 5.87. The predicted octanol–water partition coefficient (Wildman–Crippen LogP) is -0.742. The summed E-state index contributed by atoms with van der Waals surface area (Å²) >= 11 is 0. The van der Waals surface area contributed by atoms with Crippen LogP contribution in [0.15, 0.2) is 18.2 Å². The summed E-state index contributed by atoms with van der Waals surface area (Å²) in [5.41, 5.74) is 1.66. The summed E-state index contributed by atoms with van der Waals surface area (Å²) in [4.78, 5) is 0. The molecule has 0 bridgehead atoms. The largest absolute Gasteiger partial charge is 0.439 e. The van der Waals surface area contributed by atoms with Crippen LogP contribution in [0.1, 0.15) is 30.0 Å². The second-order valence-electron chi connectivity index (χ2n) is 10.2. The highest BCUT2D eigenvalue weighted by molar-refractivity contribution is 5.30. The Balaban J connectivity index is 1.60. The summed E-state index contributed by atoms with van der Waals surface area (Å²) in [5, 5.41) is 44.0. The lowest BCUT2D eigenvalue weighted by Crippen LogP contribution is -2.81. The van der Waals surface area contributed by atoms with Crippen LogP contribution < -0.4 is 16.0 Å². The van der Waals surface area contributed by atoms with Gasteiger partial charge >= 0.3 is 0 Å². The van der Waals surface area contributed by atoms with Crippen LogP contribution in [-0.4, -0.2) is 96.2 Å². The average Bonchev–Trinajstić information content (AvgIpc) is 2.81. The van der Waals surface area contributed by atoms with Crippen molar-refractivity contribution in [3.63, 3.8) is 0 Å². The molecule has 10 heteroatoms. The number of ether oxygens (including phenoxy) is 4. The van der Waals surface area contributed by atoms with Crippen molar-refractivity contribution < 1.29 is 34.3 Å². The maximum atomic E-state index is 11.8. The van der Waals surface area contributed by atoms with E-state index in [-0.39, 0.29) is 13.0 Å². The number of rotatable bonds is 7. The number of aliphatic hydroxyl groups is 3. The van der Waals surface area contributed by atoms with Gasteiger partial charge in [0.15, 0.2) is 6.10 Å². The van der Waals surface area contributed by atoms with Crippen LogP contribution >= 0.6 is 0 Å². The normalized spacial score (nSPS) is 42.2. The molecular formula is C26H39N3O7. The van der Waals surface area contributed by atoms with Gasteiger partial charge in [-0.2, -0.15) is 0 Å². The zero-order valence-corrected chi connectivity index (χ0v) is 21.5. The van der Waals surface area contributed by atoms with Gasteiger partial charge < -0.3 is 50.2 Å². The first-order chi connectivity index (χ1) is 17.1. The zero-order valence-electron chi connectivity index (χ0n) is 21.5. The predicted molar refractivity (Wildman–Crippen MR) is 132 cm³/mol. The monoisotopic (exact) mass is 505 g/mol. The van der Waals surface area contributed by atoms with Gasteiger partial charge in [0.05, 0.1) is 24.3 Å². The number of aryl methyl sites for hydroxylation is 2. The van der Waals surface area contributed by atoms with E-state index in [1.54, 1.807) is 21.0 Å². The van der Waals surface area contributed by atoms with E-state index < -0.39 is 60.3 Å². The molecule has 1 aromatic rings. The molecule has 0 radical (unpaired) electrons. The van der Waals surface area contributed by atoms with Gasteiger partial charge in [-0.05, 0) is 46.0 Å². The summed E-state index contributed by atoms with van der Waals surface area (Å²) in [5.74, 6) is -2.21. The third-order valence-corrected chi connectivity index (χ3v) is 7.76. The average molecular weight is 506 g/mol. The van der Waals surface area contributed by atoms with Crippen LogP contribution in [0.2, 0.25) is 0 Å². The Bertz CT molecular complexity index is 973. The molecule has 3 aliphatic rings. The Morgan fingerprint density at radius 3 is 2.50 bits per heavy atom. The smallest absolute Gasteiger partial charge is 0.249 e. The Morgan fingerprint density at radius 2 is 1.86 bits per heavy atom. The number of benzene rings is 1. The summed E-state index contributed by atoms with van der Waals surface area (Å²) in [6.45, 7) is 6.40. The summed E-state index contributed by atoms with van der Waals surface area (Å²) in [6, 6.07) is 4.96. The van der Waals surface area contributed by atoms with Crippen molar-refractivity contribution in [2.24, 2.45) is 0 Å². The van der Waals surface area contributed by atoms with Crippen LogP contribution in [0.25, 0.3) is 0 Å². The van der Waals surface area contributed by atoms with E-state index in [0.29, 0.717) is 6.54 Å². The first-order valence-electron chi connectivity index (χ1n) is 12.4. The van der Waals surface area contributed by atoms with E-state index in [0.717, 1.165) is 11.1 Å². The van der Waals surface area contributed by atoms with Gasteiger partial charge in [-0.15, -0.1) is 0 Å². The molecule has 36 heavy (non-hydrogen) atoms. The van der Waals surface area contributed by atoms with Crippen molar-refractivity contribution in [1.82, 2.24) is 16.0 Å². The maximum Gasteiger partial charge on any atom is 0.249 e. The van der Waals surface area contributed by atoms with Gasteiger partial charge in [0.1, 0.15) is 23.9 Å². The van der Waals surface area contributed by atoms with Gasteiger partial charge in [-0.1, -0.05) is 30.2 Å². The molecular weight excluding hydrogens is 466 g/mol. The number of hydrogen-bond acceptors (Lipinski definition) is 10. The van der Waals surface area contributed by atoms with Gasteiger partial charge in [0.25, 0.3) is 0 Å². The van der Waals surface area contributed by atoms with Crippen molar-refractivity contribution in [1.29, 1.82) is 0 Å². The number of hydrogen-bond donors (Lipinski definition) is 6. The first kappa shape index (κ1) is 27.3. The molecule has 0 aromatic heterocycles. The van der Waals surface area contributed by atoms with E-state index >= 15 is 0 Å². The lowest BCUT2D eigenvalue weighted by molar-refractivity contribution is -0.481. The number of fused-ring (bicyclic) bond motifs is 2.